The Balaban J connectivity index is 2.00. The molecule has 1 aromatic heterocycles. The first-order valence-corrected chi connectivity index (χ1v) is 8.34. The molecule has 0 fully saturated rings. The molecule has 3 N–H and O–H groups in total. The van der Waals surface area contributed by atoms with Crippen LogP contribution in [0.1, 0.15) is 6.42 Å². The molecule has 0 saturated heterocycles. The third-order valence-electron chi connectivity index (χ3n) is 2.83. The van der Waals surface area contributed by atoms with E-state index in [0.29, 0.717) is 13.0 Å². The molecule has 114 valence electrons. The van der Waals surface area contributed by atoms with Gasteiger partial charge in [0.2, 0.25) is 10.0 Å². The molecule has 1 heterocycles. The Bertz CT molecular complexity index is 717. The molecule has 0 aliphatic rings. The van der Waals surface area contributed by atoms with Crippen molar-refractivity contribution in [2.24, 2.45) is 0 Å². The molecule has 0 spiro atoms. The number of hydrogen-bond donors (Lipinski definition) is 2. The first-order valence-electron chi connectivity index (χ1n) is 6.10. The second-order valence-electron chi connectivity index (χ2n) is 4.33. The van der Waals surface area contributed by atoms with E-state index >= 15 is 0 Å². The number of rotatable bonds is 6. The standard InChI is InChI=1S/C12H14Cl2N4O2S/c13-9-2-3-10(11(14)12(9)15)21(19,20)17-4-1-6-18-7-5-16-8-18/h2-3,5,7-8,17H,1,4,6,15H2. The summed E-state index contributed by atoms with van der Waals surface area (Å²) in [5.41, 5.74) is 5.69. The second-order valence-corrected chi connectivity index (χ2v) is 6.85. The molecule has 2 aromatic rings. The van der Waals surface area contributed by atoms with Crippen molar-refractivity contribution in [3.8, 4) is 0 Å². The van der Waals surface area contributed by atoms with Crippen LogP contribution in [0.15, 0.2) is 35.7 Å². The number of benzene rings is 1. The van der Waals surface area contributed by atoms with Gasteiger partial charge in [-0.3, -0.25) is 0 Å². The van der Waals surface area contributed by atoms with Gasteiger partial charge in [-0.2, -0.15) is 0 Å². The number of aromatic nitrogens is 2. The minimum Gasteiger partial charge on any atom is -0.396 e. The van der Waals surface area contributed by atoms with Crippen LogP contribution in [-0.2, 0) is 16.6 Å². The van der Waals surface area contributed by atoms with E-state index in [2.05, 4.69) is 9.71 Å². The summed E-state index contributed by atoms with van der Waals surface area (Å²) in [7, 11) is -3.72. The number of nitrogens with two attached hydrogens (primary N) is 1. The predicted molar refractivity (Wildman–Crippen MR) is 82.9 cm³/mol. The summed E-state index contributed by atoms with van der Waals surface area (Å²) in [5, 5.41) is 0.156. The lowest BCUT2D eigenvalue weighted by Crippen LogP contribution is -2.26. The number of aryl methyl sites for hydroxylation is 1. The molecule has 0 atom stereocenters. The average Bonchev–Trinajstić information content (AvgIpc) is 2.94. The molecule has 9 heteroatoms. The minimum absolute atomic E-state index is 0.0552. The van der Waals surface area contributed by atoms with Gasteiger partial charge in [0, 0.05) is 25.5 Å². The van der Waals surface area contributed by atoms with E-state index in [1.165, 1.54) is 12.1 Å². The average molecular weight is 349 g/mol. The molecule has 0 aliphatic heterocycles. The largest absolute Gasteiger partial charge is 0.396 e. The van der Waals surface area contributed by atoms with Gasteiger partial charge in [-0.1, -0.05) is 23.2 Å². The van der Waals surface area contributed by atoms with Crippen LogP contribution in [0.4, 0.5) is 5.69 Å². The van der Waals surface area contributed by atoms with Crippen molar-refractivity contribution in [2.75, 3.05) is 12.3 Å². The number of nitrogen functional groups attached to an aromatic ring is 1. The van der Waals surface area contributed by atoms with E-state index in [4.69, 9.17) is 28.9 Å². The summed E-state index contributed by atoms with van der Waals surface area (Å²) in [6.45, 7) is 0.943. The number of nitrogens with zero attached hydrogens (tertiary/aromatic N) is 2. The van der Waals surface area contributed by atoms with Crippen LogP contribution in [0, 0.1) is 0 Å². The first-order chi connectivity index (χ1) is 9.92. The van der Waals surface area contributed by atoms with Gasteiger partial charge in [0.05, 0.1) is 22.1 Å². The maximum Gasteiger partial charge on any atom is 0.242 e. The van der Waals surface area contributed by atoms with Gasteiger partial charge in [-0.05, 0) is 18.6 Å². The molecule has 6 nitrogen and oxygen atoms in total. The zero-order chi connectivity index (χ0) is 15.5. The Morgan fingerprint density at radius 2 is 2.10 bits per heavy atom. The fourth-order valence-corrected chi connectivity index (χ4v) is 3.56. The SMILES string of the molecule is Nc1c(Cl)ccc(S(=O)(=O)NCCCn2ccnc2)c1Cl. The number of anilines is 1. The normalized spacial score (nSPS) is 11.7. The maximum atomic E-state index is 12.2. The van der Waals surface area contributed by atoms with E-state index in [0.717, 1.165) is 0 Å². The van der Waals surface area contributed by atoms with E-state index in [1.54, 1.807) is 12.5 Å². The lowest BCUT2D eigenvalue weighted by atomic mass is 10.3. The quantitative estimate of drug-likeness (QED) is 0.618. The topological polar surface area (TPSA) is 90.0 Å². The lowest BCUT2D eigenvalue weighted by Gasteiger charge is -2.10. The minimum atomic E-state index is -3.72. The van der Waals surface area contributed by atoms with Gasteiger partial charge in [-0.25, -0.2) is 18.1 Å². The first kappa shape index (κ1) is 16.1. The monoisotopic (exact) mass is 348 g/mol. The van der Waals surface area contributed by atoms with Crippen molar-refractivity contribution in [1.82, 2.24) is 14.3 Å². The van der Waals surface area contributed by atoms with Crippen LogP contribution >= 0.6 is 23.2 Å². The Kier molecular flexibility index (Phi) is 5.10. The molecule has 0 amide bonds. The van der Waals surface area contributed by atoms with E-state index in [1.807, 2.05) is 10.8 Å². The number of halogens is 2. The molecule has 0 bridgehead atoms. The summed E-state index contributed by atoms with van der Waals surface area (Å²) in [6.07, 6.45) is 5.77. The predicted octanol–water partition coefficient (Wildman–Crippen LogP) is 2.14. The Labute approximate surface area is 132 Å². The molecule has 1 aromatic carbocycles. The summed E-state index contributed by atoms with van der Waals surface area (Å²) >= 11 is 11.7. The summed E-state index contributed by atoms with van der Waals surface area (Å²) in [5.74, 6) is 0. The second kappa shape index (κ2) is 6.65. The molecular formula is C12H14Cl2N4O2S. The third-order valence-corrected chi connectivity index (χ3v) is 5.18. The number of hydrogen-bond acceptors (Lipinski definition) is 4. The molecule has 21 heavy (non-hydrogen) atoms. The van der Waals surface area contributed by atoms with Gasteiger partial charge < -0.3 is 10.3 Å². The van der Waals surface area contributed by atoms with Crippen LogP contribution < -0.4 is 10.5 Å². The smallest absolute Gasteiger partial charge is 0.242 e. The van der Waals surface area contributed by atoms with Crippen molar-refractivity contribution in [3.63, 3.8) is 0 Å². The highest BCUT2D eigenvalue weighted by molar-refractivity contribution is 7.89. The summed E-state index contributed by atoms with van der Waals surface area (Å²) < 4.78 is 28.7. The highest BCUT2D eigenvalue weighted by Crippen LogP contribution is 2.32. The number of sulfonamides is 1. The molecule has 0 aliphatic carbocycles. The zero-order valence-corrected chi connectivity index (χ0v) is 13.3. The van der Waals surface area contributed by atoms with Crippen molar-refractivity contribution in [2.45, 2.75) is 17.9 Å². The van der Waals surface area contributed by atoms with E-state index < -0.39 is 10.0 Å². The molecular weight excluding hydrogens is 335 g/mol. The molecule has 2 rings (SSSR count). The van der Waals surface area contributed by atoms with Crippen LogP contribution in [0.25, 0.3) is 0 Å². The molecule has 0 radical (unpaired) electrons. The van der Waals surface area contributed by atoms with Crippen LogP contribution in [0.5, 0.6) is 0 Å². The van der Waals surface area contributed by atoms with Crippen LogP contribution in [0.2, 0.25) is 10.0 Å². The van der Waals surface area contributed by atoms with Gasteiger partial charge in [-0.15, -0.1) is 0 Å². The van der Waals surface area contributed by atoms with Gasteiger partial charge >= 0.3 is 0 Å². The van der Waals surface area contributed by atoms with E-state index in [9.17, 15) is 8.42 Å². The Hall–Kier alpha value is -1.28. The van der Waals surface area contributed by atoms with Gasteiger partial charge in [0.25, 0.3) is 0 Å². The van der Waals surface area contributed by atoms with Crippen molar-refractivity contribution < 1.29 is 8.42 Å². The van der Waals surface area contributed by atoms with Crippen LogP contribution in [-0.4, -0.2) is 24.5 Å². The fraction of sp³-hybridized carbons (Fsp3) is 0.250. The molecule has 0 unspecified atom stereocenters. The van der Waals surface area contributed by atoms with E-state index in [-0.39, 0.29) is 27.2 Å². The van der Waals surface area contributed by atoms with Crippen molar-refractivity contribution >= 4 is 38.9 Å². The number of imidazole rings is 1. The third kappa shape index (κ3) is 3.88. The zero-order valence-electron chi connectivity index (χ0n) is 11.0. The van der Waals surface area contributed by atoms with Gasteiger partial charge in [0.1, 0.15) is 4.90 Å². The lowest BCUT2D eigenvalue weighted by molar-refractivity contribution is 0.570. The Morgan fingerprint density at radius 3 is 2.76 bits per heavy atom. The fourth-order valence-electron chi connectivity index (χ4n) is 1.72. The Morgan fingerprint density at radius 1 is 1.33 bits per heavy atom. The maximum absolute atomic E-state index is 12.2. The van der Waals surface area contributed by atoms with Gasteiger partial charge in [0.15, 0.2) is 0 Å². The summed E-state index contributed by atoms with van der Waals surface area (Å²) in [4.78, 5) is 3.83. The van der Waals surface area contributed by atoms with Crippen molar-refractivity contribution in [1.29, 1.82) is 0 Å². The summed E-state index contributed by atoms with van der Waals surface area (Å²) in [6, 6.07) is 2.74. The molecule has 0 saturated carbocycles. The highest BCUT2D eigenvalue weighted by Gasteiger charge is 2.20. The number of nitrogens with one attached hydrogen (secondary N) is 1. The van der Waals surface area contributed by atoms with Crippen LogP contribution in [0.3, 0.4) is 0 Å². The highest BCUT2D eigenvalue weighted by atomic mass is 35.5. The van der Waals surface area contributed by atoms with Crippen molar-refractivity contribution in [3.05, 3.63) is 40.9 Å².